The summed E-state index contributed by atoms with van der Waals surface area (Å²) >= 11 is 0. The van der Waals surface area contributed by atoms with Gasteiger partial charge in [-0.15, -0.1) is 0 Å². The summed E-state index contributed by atoms with van der Waals surface area (Å²) < 4.78 is 14.0. The van der Waals surface area contributed by atoms with E-state index in [9.17, 15) is 4.39 Å². The van der Waals surface area contributed by atoms with E-state index in [4.69, 9.17) is 5.84 Å². The molecular weight excluding hydrogens is 245 g/mol. The minimum atomic E-state index is -0.356. The third-order valence-electron chi connectivity index (χ3n) is 4.37. The van der Waals surface area contributed by atoms with Crippen LogP contribution in [-0.2, 0) is 0 Å². The van der Waals surface area contributed by atoms with Crippen molar-refractivity contribution in [3.05, 3.63) is 12.0 Å². The third kappa shape index (κ3) is 2.36. The number of piperidine rings is 1. The summed E-state index contributed by atoms with van der Waals surface area (Å²) in [6, 6.07) is 0.428. The van der Waals surface area contributed by atoms with Gasteiger partial charge in [-0.3, -0.25) is 5.43 Å². The van der Waals surface area contributed by atoms with Crippen LogP contribution in [0, 0.1) is 11.7 Å². The molecule has 0 aromatic carbocycles. The molecular formula is C13H20FN5. The molecule has 6 heteroatoms. The molecule has 104 valence electrons. The molecule has 1 saturated heterocycles. The molecule has 1 aromatic heterocycles. The molecule has 2 aliphatic rings. The average molecular weight is 265 g/mol. The van der Waals surface area contributed by atoms with Crippen molar-refractivity contribution in [1.29, 1.82) is 0 Å². The van der Waals surface area contributed by atoms with Gasteiger partial charge in [0.05, 0.1) is 6.20 Å². The van der Waals surface area contributed by atoms with Crippen LogP contribution >= 0.6 is 0 Å². The van der Waals surface area contributed by atoms with E-state index in [2.05, 4.69) is 20.3 Å². The van der Waals surface area contributed by atoms with Gasteiger partial charge < -0.3 is 4.90 Å². The van der Waals surface area contributed by atoms with Crippen LogP contribution in [0.15, 0.2) is 6.20 Å². The van der Waals surface area contributed by atoms with Crippen LogP contribution in [0.3, 0.4) is 0 Å². The Morgan fingerprint density at radius 2 is 2.05 bits per heavy atom. The van der Waals surface area contributed by atoms with Crippen molar-refractivity contribution < 1.29 is 4.39 Å². The summed E-state index contributed by atoms with van der Waals surface area (Å²) in [5, 5.41) is 0. The number of halogens is 1. The second kappa shape index (κ2) is 5.28. The van der Waals surface area contributed by atoms with Gasteiger partial charge in [0.1, 0.15) is 0 Å². The number of rotatable bonds is 2. The number of hydrogen-bond donors (Lipinski definition) is 2. The van der Waals surface area contributed by atoms with Gasteiger partial charge in [0.15, 0.2) is 11.6 Å². The van der Waals surface area contributed by atoms with Crippen molar-refractivity contribution in [1.82, 2.24) is 9.97 Å². The SMILES string of the molecule is NNc1ncc(F)c(N2CCC[C@H]3CCCC[C@H]32)n1. The summed E-state index contributed by atoms with van der Waals surface area (Å²) in [5.41, 5.74) is 2.39. The Hall–Kier alpha value is -1.43. The Kier molecular flexibility index (Phi) is 3.50. The number of hydrogen-bond acceptors (Lipinski definition) is 5. The van der Waals surface area contributed by atoms with E-state index in [1.165, 1.54) is 31.9 Å². The van der Waals surface area contributed by atoms with Crippen molar-refractivity contribution >= 4 is 11.8 Å². The minimum Gasteiger partial charge on any atom is -0.351 e. The maximum absolute atomic E-state index is 14.0. The standard InChI is InChI=1S/C13H20FN5/c14-10-8-16-13(18-15)17-12(10)19-7-3-5-9-4-1-2-6-11(9)19/h8-9,11H,1-7,15H2,(H,16,17,18)/t9-,11-/m1/s1. The maximum Gasteiger partial charge on any atom is 0.239 e. The van der Waals surface area contributed by atoms with Crippen LogP contribution in [0.1, 0.15) is 38.5 Å². The van der Waals surface area contributed by atoms with Crippen molar-refractivity contribution in [2.75, 3.05) is 16.9 Å². The molecule has 0 spiro atoms. The Morgan fingerprint density at radius 3 is 2.89 bits per heavy atom. The monoisotopic (exact) mass is 265 g/mol. The lowest BCUT2D eigenvalue weighted by Gasteiger charge is -2.44. The van der Waals surface area contributed by atoms with Gasteiger partial charge >= 0.3 is 0 Å². The predicted molar refractivity (Wildman–Crippen MR) is 72.1 cm³/mol. The van der Waals surface area contributed by atoms with E-state index in [1.807, 2.05) is 0 Å². The topological polar surface area (TPSA) is 67.1 Å². The first-order valence-electron chi connectivity index (χ1n) is 7.05. The molecule has 1 saturated carbocycles. The van der Waals surface area contributed by atoms with Crippen LogP contribution < -0.4 is 16.2 Å². The zero-order valence-electron chi connectivity index (χ0n) is 11.0. The highest BCUT2D eigenvalue weighted by atomic mass is 19.1. The molecule has 2 atom stereocenters. The zero-order chi connectivity index (χ0) is 13.2. The van der Waals surface area contributed by atoms with E-state index in [0.29, 0.717) is 17.8 Å². The van der Waals surface area contributed by atoms with Crippen LogP contribution in [0.4, 0.5) is 16.2 Å². The molecule has 2 fully saturated rings. The zero-order valence-corrected chi connectivity index (χ0v) is 11.0. The van der Waals surface area contributed by atoms with Gasteiger partial charge in [0, 0.05) is 12.6 Å². The van der Waals surface area contributed by atoms with Gasteiger partial charge in [-0.25, -0.2) is 15.2 Å². The van der Waals surface area contributed by atoms with E-state index in [1.54, 1.807) is 0 Å². The summed E-state index contributed by atoms with van der Waals surface area (Å²) in [6.07, 6.45) is 8.49. The lowest BCUT2D eigenvalue weighted by Crippen LogP contribution is -2.47. The number of nitrogen functional groups attached to an aromatic ring is 1. The molecule has 19 heavy (non-hydrogen) atoms. The molecule has 0 bridgehead atoms. The number of aromatic nitrogens is 2. The van der Waals surface area contributed by atoms with Crippen LogP contribution in [0.25, 0.3) is 0 Å². The van der Waals surface area contributed by atoms with Gasteiger partial charge in [-0.2, -0.15) is 4.98 Å². The molecule has 1 aromatic rings. The largest absolute Gasteiger partial charge is 0.351 e. The fourth-order valence-corrected chi connectivity index (χ4v) is 3.52. The normalized spacial score (nSPS) is 26.9. The van der Waals surface area contributed by atoms with Crippen LogP contribution in [-0.4, -0.2) is 22.6 Å². The lowest BCUT2D eigenvalue weighted by molar-refractivity contribution is 0.241. The Bertz CT molecular complexity index is 451. The molecule has 0 amide bonds. The van der Waals surface area contributed by atoms with E-state index < -0.39 is 0 Å². The average Bonchev–Trinajstić information content (AvgIpc) is 2.47. The summed E-state index contributed by atoms with van der Waals surface area (Å²) in [4.78, 5) is 10.1. The van der Waals surface area contributed by atoms with Gasteiger partial charge in [-0.1, -0.05) is 12.8 Å². The van der Waals surface area contributed by atoms with Crippen LogP contribution in [0.5, 0.6) is 0 Å². The Balaban J connectivity index is 1.91. The predicted octanol–water partition coefficient (Wildman–Crippen LogP) is 2.06. The molecule has 0 radical (unpaired) electrons. The highest BCUT2D eigenvalue weighted by molar-refractivity contribution is 5.45. The van der Waals surface area contributed by atoms with Gasteiger partial charge in [0.25, 0.3) is 0 Å². The Labute approximate surface area is 112 Å². The Morgan fingerprint density at radius 1 is 1.26 bits per heavy atom. The van der Waals surface area contributed by atoms with E-state index in [0.717, 1.165) is 19.4 Å². The molecule has 5 nitrogen and oxygen atoms in total. The van der Waals surface area contributed by atoms with Crippen molar-refractivity contribution in [2.45, 2.75) is 44.6 Å². The highest BCUT2D eigenvalue weighted by Gasteiger charge is 2.35. The number of anilines is 2. The third-order valence-corrected chi connectivity index (χ3v) is 4.37. The van der Waals surface area contributed by atoms with E-state index in [-0.39, 0.29) is 11.8 Å². The quantitative estimate of drug-likeness (QED) is 0.633. The summed E-state index contributed by atoms with van der Waals surface area (Å²) in [5.74, 6) is 6.32. The number of fused-ring (bicyclic) bond motifs is 1. The second-order valence-corrected chi connectivity index (χ2v) is 5.46. The molecule has 0 unspecified atom stereocenters. The molecule has 2 heterocycles. The van der Waals surface area contributed by atoms with Crippen molar-refractivity contribution in [3.8, 4) is 0 Å². The van der Waals surface area contributed by atoms with E-state index >= 15 is 0 Å². The maximum atomic E-state index is 14.0. The minimum absolute atomic E-state index is 0.273. The fourth-order valence-electron chi connectivity index (χ4n) is 3.52. The highest BCUT2D eigenvalue weighted by Crippen LogP contribution is 2.37. The van der Waals surface area contributed by atoms with Gasteiger partial charge in [0.2, 0.25) is 5.95 Å². The number of hydrazine groups is 1. The first-order chi connectivity index (χ1) is 9.29. The first kappa shape index (κ1) is 12.6. The smallest absolute Gasteiger partial charge is 0.239 e. The number of nitrogens with one attached hydrogen (secondary N) is 1. The summed E-state index contributed by atoms with van der Waals surface area (Å²) in [7, 11) is 0. The first-order valence-corrected chi connectivity index (χ1v) is 7.05. The van der Waals surface area contributed by atoms with Gasteiger partial charge in [-0.05, 0) is 31.6 Å². The van der Waals surface area contributed by atoms with Crippen molar-refractivity contribution in [2.24, 2.45) is 11.8 Å². The summed E-state index contributed by atoms with van der Waals surface area (Å²) in [6.45, 7) is 0.874. The van der Waals surface area contributed by atoms with Crippen LogP contribution in [0.2, 0.25) is 0 Å². The second-order valence-electron chi connectivity index (χ2n) is 5.46. The number of nitrogens with two attached hydrogens (primary N) is 1. The molecule has 1 aliphatic carbocycles. The number of nitrogens with zero attached hydrogens (tertiary/aromatic N) is 3. The molecule has 3 N–H and O–H groups in total. The molecule has 3 rings (SSSR count). The van der Waals surface area contributed by atoms with Crippen molar-refractivity contribution in [3.63, 3.8) is 0 Å². The molecule has 1 aliphatic heterocycles. The lowest BCUT2D eigenvalue weighted by atomic mass is 9.78. The fraction of sp³-hybridized carbons (Fsp3) is 0.692.